The molecule has 0 aromatic heterocycles. The van der Waals surface area contributed by atoms with Crippen molar-refractivity contribution < 1.29 is 4.74 Å². The lowest BCUT2D eigenvalue weighted by atomic mass is 10.0. The van der Waals surface area contributed by atoms with Crippen LogP contribution in [-0.4, -0.2) is 12.6 Å². The fourth-order valence-electron chi connectivity index (χ4n) is 2.78. The molecule has 1 fully saturated rings. The number of nitrogens with two attached hydrogens (primary N) is 1. The molecule has 0 amide bonds. The molecule has 1 aliphatic rings. The molecule has 1 aliphatic carbocycles. The molecular weight excluding hydrogens is 302 g/mol. The molecule has 1 aromatic carbocycles. The summed E-state index contributed by atoms with van der Waals surface area (Å²) in [6.45, 7) is 2.97. The van der Waals surface area contributed by atoms with E-state index in [4.69, 9.17) is 10.5 Å². The van der Waals surface area contributed by atoms with Crippen LogP contribution in [-0.2, 0) is 4.74 Å². The first-order valence-corrected chi connectivity index (χ1v) is 8.12. The normalized spacial score (nSPS) is 19.5. The molecule has 1 saturated carbocycles. The Hall–Kier alpha value is -0.380. The molecule has 0 saturated heterocycles. The van der Waals surface area contributed by atoms with E-state index < -0.39 is 0 Å². The smallest absolute Gasteiger partial charge is 0.0976 e. The number of hydrogen-bond donors (Lipinski definition) is 1. The zero-order chi connectivity index (χ0) is 13.7. The van der Waals surface area contributed by atoms with E-state index in [0.717, 1.165) is 23.4 Å². The lowest BCUT2D eigenvalue weighted by Gasteiger charge is -2.25. The summed E-state index contributed by atoms with van der Waals surface area (Å²) < 4.78 is 7.26. The molecule has 0 radical (unpaired) electrons. The Morgan fingerprint density at radius 3 is 2.74 bits per heavy atom. The Morgan fingerprint density at radius 1 is 1.37 bits per heavy atom. The maximum Gasteiger partial charge on any atom is 0.0976 e. The van der Waals surface area contributed by atoms with Crippen molar-refractivity contribution in [1.82, 2.24) is 0 Å². The summed E-state index contributed by atoms with van der Waals surface area (Å²) in [5, 5.41) is 0. The van der Waals surface area contributed by atoms with Crippen molar-refractivity contribution in [2.75, 3.05) is 6.61 Å². The predicted molar refractivity (Wildman–Crippen MR) is 83.1 cm³/mol. The Bertz CT molecular complexity index is 390. The second-order valence-corrected chi connectivity index (χ2v) is 6.45. The highest BCUT2D eigenvalue weighted by molar-refractivity contribution is 9.10. The predicted octanol–water partition coefficient (Wildman–Crippen LogP) is 4.43. The molecule has 0 aliphatic heterocycles. The Morgan fingerprint density at radius 2 is 2.11 bits per heavy atom. The summed E-state index contributed by atoms with van der Waals surface area (Å²) >= 11 is 3.52. The van der Waals surface area contributed by atoms with E-state index in [2.05, 4.69) is 35.0 Å². The van der Waals surface area contributed by atoms with Gasteiger partial charge in [-0.15, -0.1) is 0 Å². The van der Waals surface area contributed by atoms with Crippen LogP contribution in [0.4, 0.5) is 0 Å². The van der Waals surface area contributed by atoms with Crippen LogP contribution in [0.2, 0.25) is 0 Å². The summed E-state index contributed by atoms with van der Waals surface area (Å²) in [7, 11) is 0. The van der Waals surface area contributed by atoms with Crippen molar-refractivity contribution in [3.8, 4) is 0 Å². The van der Waals surface area contributed by atoms with Crippen molar-refractivity contribution in [1.29, 1.82) is 0 Å². The van der Waals surface area contributed by atoms with E-state index in [1.807, 2.05) is 12.1 Å². The Labute approximate surface area is 124 Å². The maximum absolute atomic E-state index is 6.24. The van der Waals surface area contributed by atoms with Gasteiger partial charge in [-0.1, -0.05) is 47.8 Å². The summed E-state index contributed by atoms with van der Waals surface area (Å²) in [5.74, 6) is 0.735. The van der Waals surface area contributed by atoms with Gasteiger partial charge in [0, 0.05) is 10.5 Å². The van der Waals surface area contributed by atoms with Crippen LogP contribution < -0.4 is 5.73 Å². The largest absolute Gasteiger partial charge is 0.372 e. The lowest BCUT2D eigenvalue weighted by Crippen LogP contribution is -2.30. The van der Waals surface area contributed by atoms with E-state index in [-0.39, 0.29) is 12.1 Å². The van der Waals surface area contributed by atoms with Gasteiger partial charge in [0.05, 0.1) is 12.7 Å². The van der Waals surface area contributed by atoms with Crippen LogP contribution in [0, 0.1) is 5.92 Å². The topological polar surface area (TPSA) is 35.2 Å². The minimum atomic E-state index is 0.0168. The van der Waals surface area contributed by atoms with Crippen molar-refractivity contribution in [2.24, 2.45) is 11.7 Å². The van der Waals surface area contributed by atoms with Gasteiger partial charge in [-0.25, -0.2) is 0 Å². The van der Waals surface area contributed by atoms with Crippen LogP contribution in [0.5, 0.6) is 0 Å². The minimum Gasteiger partial charge on any atom is -0.372 e. The standard InChI is InChI=1S/C16H24BrNO/c1-2-15(18)16(13-8-5-9-14(17)10-13)19-11-12-6-3-4-7-12/h5,8-10,12,15-16H,2-4,6-7,11,18H2,1H3. The third kappa shape index (κ3) is 4.30. The van der Waals surface area contributed by atoms with Gasteiger partial charge in [0.15, 0.2) is 0 Å². The quantitative estimate of drug-likeness (QED) is 0.839. The van der Waals surface area contributed by atoms with Crippen LogP contribution in [0.1, 0.15) is 50.7 Å². The summed E-state index contributed by atoms with van der Waals surface area (Å²) in [5.41, 5.74) is 7.43. The minimum absolute atomic E-state index is 0.0168. The molecule has 0 bridgehead atoms. The van der Waals surface area contributed by atoms with E-state index >= 15 is 0 Å². The number of halogens is 1. The SMILES string of the molecule is CCC(N)C(OCC1CCCC1)c1cccc(Br)c1. The van der Waals surface area contributed by atoms with Gasteiger partial charge >= 0.3 is 0 Å². The maximum atomic E-state index is 6.24. The zero-order valence-electron chi connectivity index (χ0n) is 11.6. The molecule has 19 heavy (non-hydrogen) atoms. The fraction of sp³-hybridized carbons (Fsp3) is 0.625. The van der Waals surface area contributed by atoms with Crippen molar-refractivity contribution in [3.05, 3.63) is 34.3 Å². The van der Waals surface area contributed by atoms with Crippen LogP contribution in [0.25, 0.3) is 0 Å². The summed E-state index contributed by atoms with van der Waals surface area (Å²) in [6, 6.07) is 8.38. The first kappa shape index (κ1) is 15.0. The van der Waals surface area contributed by atoms with Gasteiger partial charge in [-0.2, -0.15) is 0 Å². The molecule has 2 nitrogen and oxygen atoms in total. The molecule has 2 N–H and O–H groups in total. The molecular formula is C16H24BrNO. The van der Waals surface area contributed by atoms with E-state index in [9.17, 15) is 0 Å². The highest BCUT2D eigenvalue weighted by Crippen LogP contribution is 2.29. The van der Waals surface area contributed by atoms with Crippen molar-refractivity contribution in [2.45, 2.75) is 51.2 Å². The monoisotopic (exact) mass is 325 g/mol. The number of rotatable bonds is 6. The van der Waals surface area contributed by atoms with Gasteiger partial charge in [0.25, 0.3) is 0 Å². The first-order valence-electron chi connectivity index (χ1n) is 7.33. The second kappa shape index (κ2) is 7.41. The Balaban J connectivity index is 2.02. The molecule has 2 atom stereocenters. The average molecular weight is 326 g/mol. The van der Waals surface area contributed by atoms with Gasteiger partial charge < -0.3 is 10.5 Å². The van der Waals surface area contributed by atoms with E-state index in [1.54, 1.807) is 0 Å². The highest BCUT2D eigenvalue weighted by atomic mass is 79.9. The second-order valence-electron chi connectivity index (χ2n) is 5.53. The van der Waals surface area contributed by atoms with Crippen LogP contribution >= 0.6 is 15.9 Å². The zero-order valence-corrected chi connectivity index (χ0v) is 13.2. The molecule has 106 valence electrons. The molecule has 2 rings (SSSR count). The third-order valence-electron chi connectivity index (χ3n) is 4.02. The fourth-order valence-corrected chi connectivity index (χ4v) is 3.20. The first-order chi connectivity index (χ1) is 9.20. The van der Waals surface area contributed by atoms with Gasteiger partial charge in [-0.05, 0) is 42.9 Å². The van der Waals surface area contributed by atoms with Gasteiger partial charge in [0.1, 0.15) is 0 Å². The van der Waals surface area contributed by atoms with Gasteiger partial charge in [-0.3, -0.25) is 0 Å². The molecule has 2 unspecified atom stereocenters. The van der Waals surface area contributed by atoms with Crippen LogP contribution in [0.15, 0.2) is 28.7 Å². The van der Waals surface area contributed by atoms with Crippen molar-refractivity contribution >= 4 is 15.9 Å². The Kier molecular flexibility index (Phi) is 5.86. The van der Waals surface area contributed by atoms with E-state index in [1.165, 1.54) is 31.2 Å². The highest BCUT2D eigenvalue weighted by Gasteiger charge is 2.22. The number of hydrogen-bond acceptors (Lipinski definition) is 2. The number of ether oxygens (including phenoxy) is 1. The molecule has 3 heteroatoms. The van der Waals surface area contributed by atoms with Gasteiger partial charge in [0.2, 0.25) is 0 Å². The summed E-state index contributed by atoms with van der Waals surface area (Å²) in [6.07, 6.45) is 6.29. The summed E-state index contributed by atoms with van der Waals surface area (Å²) in [4.78, 5) is 0. The van der Waals surface area contributed by atoms with E-state index in [0.29, 0.717) is 0 Å². The number of benzene rings is 1. The average Bonchev–Trinajstić information content (AvgIpc) is 2.92. The van der Waals surface area contributed by atoms with Crippen molar-refractivity contribution in [3.63, 3.8) is 0 Å². The molecule has 0 spiro atoms. The van der Waals surface area contributed by atoms with Crippen LogP contribution in [0.3, 0.4) is 0 Å². The lowest BCUT2D eigenvalue weighted by molar-refractivity contribution is 0.0127. The third-order valence-corrected chi connectivity index (χ3v) is 4.52. The molecule has 0 heterocycles. The molecule has 1 aromatic rings.